The van der Waals surface area contributed by atoms with Gasteiger partial charge in [0.25, 0.3) is 5.56 Å². The van der Waals surface area contributed by atoms with Crippen molar-refractivity contribution in [3.63, 3.8) is 0 Å². The highest BCUT2D eigenvalue weighted by Gasteiger charge is 2.11. The van der Waals surface area contributed by atoms with E-state index in [1.807, 2.05) is 55.5 Å². The highest BCUT2D eigenvalue weighted by atomic mass is 79.9. The number of nitrogens with zero attached hydrogens (tertiary/aromatic N) is 4. The molecule has 1 N–H and O–H groups in total. The van der Waals surface area contributed by atoms with Gasteiger partial charge in [-0.05, 0) is 42.3 Å². The number of benzene rings is 2. The Balaban J connectivity index is 1.35. The zero-order chi connectivity index (χ0) is 23.2. The molecule has 0 radical (unpaired) electrons. The Bertz CT molecular complexity index is 1300. The Hall–Kier alpha value is -3.46. The van der Waals surface area contributed by atoms with Crippen LogP contribution in [0.4, 0.5) is 0 Å². The molecule has 0 aliphatic rings. The summed E-state index contributed by atoms with van der Waals surface area (Å²) < 4.78 is 9.60. The van der Waals surface area contributed by atoms with Gasteiger partial charge >= 0.3 is 0 Å². The SMILES string of the molecule is CCOc1ccc(CC(=O)NCCn2ncc3c(=O)n(Cc4ccc(Br)cc4)cnc32)cc1. The standard InChI is InChI=1S/C24H24BrN5O3/c1-2-33-20-9-5-17(6-10-20)13-22(31)26-11-12-30-23-21(14-28-30)24(32)29(16-27-23)15-18-3-7-19(25)8-4-18/h3-10,14,16H,2,11-13,15H2,1H3,(H,26,31). The van der Waals surface area contributed by atoms with Crippen molar-refractivity contribution in [1.82, 2.24) is 24.6 Å². The normalized spacial score (nSPS) is 11.0. The zero-order valence-electron chi connectivity index (χ0n) is 18.2. The summed E-state index contributed by atoms with van der Waals surface area (Å²) in [6.07, 6.45) is 3.35. The fourth-order valence-electron chi connectivity index (χ4n) is 3.48. The minimum absolute atomic E-state index is 0.0829. The van der Waals surface area contributed by atoms with E-state index >= 15 is 0 Å². The lowest BCUT2D eigenvalue weighted by molar-refractivity contribution is -0.120. The molecule has 0 saturated carbocycles. The van der Waals surface area contributed by atoms with E-state index in [0.717, 1.165) is 21.3 Å². The number of halogens is 1. The maximum atomic E-state index is 12.8. The Morgan fingerprint density at radius 2 is 1.82 bits per heavy atom. The number of ether oxygens (including phenoxy) is 1. The van der Waals surface area contributed by atoms with Gasteiger partial charge in [0.15, 0.2) is 5.65 Å². The molecule has 4 aromatic rings. The summed E-state index contributed by atoms with van der Waals surface area (Å²) in [5, 5.41) is 7.64. The summed E-state index contributed by atoms with van der Waals surface area (Å²) in [4.78, 5) is 29.5. The quantitative estimate of drug-likeness (QED) is 0.374. The maximum absolute atomic E-state index is 12.8. The molecule has 0 fully saturated rings. The summed E-state index contributed by atoms with van der Waals surface area (Å²) in [5.41, 5.74) is 2.28. The van der Waals surface area contributed by atoms with Gasteiger partial charge in [0.2, 0.25) is 5.91 Å². The van der Waals surface area contributed by atoms with Gasteiger partial charge in [0, 0.05) is 11.0 Å². The van der Waals surface area contributed by atoms with Crippen molar-refractivity contribution in [3.05, 3.63) is 87.0 Å². The molecule has 0 aliphatic heterocycles. The first-order valence-electron chi connectivity index (χ1n) is 10.7. The number of hydrogen-bond acceptors (Lipinski definition) is 5. The van der Waals surface area contributed by atoms with E-state index < -0.39 is 0 Å². The summed E-state index contributed by atoms with van der Waals surface area (Å²) in [6, 6.07) is 15.3. The molecule has 1 amide bonds. The van der Waals surface area contributed by atoms with Crippen LogP contribution in [0.5, 0.6) is 5.75 Å². The number of amides is 1. The van der Waals surface area contributed by atoms with Crippen molar-refractivity contribution in [2.24, 2.45) is 0 Å². The van der Waals surface area contributed by atoms with Gasteiger partial charge in [-0.2, -0.15) is 5.10 Å². The second-order valence-electron chi connectivity index (χ2n) is 7.51. The summed E-state index contributed by atoms with van der Waals surface area (Å²) in [7, 11) is 0. The average molecular weight is 510 g/mol. The molecular weight excluding hydrogens is 486 g/mol. The number of rotatable bonds is 9. The third-order valence-corrected chi connectivity index (χ3v) is 5.66. The monoisotopic (exact) mass is 509 g/mol. The maximum Gasteiger partial charge on any atom is 0.264 e. The van der Waals surface area contributed by atoms with E-state index in [-0.39, 0.29) is 17.9 Å². The van der Waals surface area contributed by atoms with Gasteiger partial charge in [-0.3, -0.25) is 14.2 Å². The molecule has 170 valence electrons. The molecule has 2 aromatic carbocycles. The van der Waals surface area contributed by atoms with Crippen molar-refractivity contribution in [1.29, 1.82) is 0 Å². The zero-order valence-corrected chi connectivity index (χ0v) is 19.8. The molecule has 0 unspecified atom stereocenters. The Morgan fingerprint density at radius 1 is 1.09 bits per heavy atom. The predicted octanol–water partition coefficient (Wildman–Crippen LogP) is 3.16. The number of carbonyl (C=O) groups excluding carboxylic acids is 1. The lowest BCUT2D eigenvalue weighted by Gasteiger charge is -2.08. The Kier molecular flexibility index (Phi) is 7.19. The average Bonchev–Trinajstić information content (AvgIpc) is 3.22. The van der Waals surface area contributed by atoms with Gasteiger partial charge in [-0.1, -0.05) is 40.2 Å². The Morgan fingerprint density at radius 3 is 2.55 bits per heavy atom. The summed E-state index contributed by atoms with van der Waals surface area (Å²) in [6.45, 7) is 3.77. The van der Waals surface area contributed by atoms with Crippen LogP contribution in [-0.2, 0) is 24.3 Å². The van der Waals surface area contributed by atoms with Crippen LogP contribution < -0.4 is 15.6 Å². The van der Waals surface area contributed by atoms with Crippen LogP contribution in [0, 0.1) is 0 Å². The molecule has 0 bridgehead atoms. The number of fused-ring (bicyclic) bond motifs is 1. The topological polar surface area (TPSA) is 91.0 Å². The van der Waals surface area contributed by atoms with Crippen molar-refractivity contribution in [3.8, 4) is 5.75 Å². The van der Waals surface area contributed by atoms with Crippen LogP contribution in [0.3, 0.4) is 0 Å². The van der Waals surface area contributed by atoms with Crippen molar-refractivity contribution in [2.45, 2.75) is 26.4 Å². The minimum atomic E-state index is -0.145. The molecule has 9 heteroatoms. The van der Waals surface area contributed by atoms with Crippen LogP contribution in [-0.4, -0.2) is 38.4 Å². The van der Waals surface area contributed by atoms with Crippen LogP contribution in [0.1, 0.15) is 18.1 Å². The van der Waals surface area contributed by atoms with E-state index in [1.54, 1.807) is 9.25 Å². The van der Waals surface area contributed by atoms with Crippen LogP contribution >= 0.6 is 15.9 Å². The van der Waals surface area contributed by atoms with E-state index in [0.29, 0.717) is 37.3 Å². The van der Waals surface area contributed by atoms with E-state index in [1.165, 1.54) is 12.5 Å². The first-order valence-corrected chi connectivity index (χ1v) is 11.5. The van der Waals surface area contributed by atoms with Crippen molar-refractivity contribution >= 4 is 32.9 Å². The number of hydrogen-bond donors (Lipinski definition) is 1. The predicted molar refractivity (Wildman–Crippen MR) is 129 cm³/mol. The first-order chi connectivity index (χ1) is 16.0. The fraction of sp³-hybridized carbons (Fsp3) is 0.250. The van der Waals surface area contributed by atoms with E-state index in [9.17, 15) is 9.59 Å². The third-order valence-electron chi connectivity index (χ3n) is 5.13. The molecule has 0 saturated heterocycles. The van der Waals surface area contributed by atoms with Gasteiger partial charge in [-0.15, -0.1) is 0 Å². The van der Waals surface area contributed by atoms with Crippen LogP contribution in [0.2, 0.25) is 0 Å². The highest BCUT2D eigenvalue weighted by Crippen LogP contribution is 2.13. The van der Waals surface area contributed by atoms with Gasteiger partial charge in [0.1, 0.15) is 17.5 Å². The number of carbonyl (C=O) groups is 1. The second-order valence-corrected chi connectivity index (χ2v) is 8.43. The molecule has 33 heavy (non-hydrogen) atoms. The molecule has 8 nitrogen and oxygen atoms in total. The summed E-state index contributed by atoms with van der Waals surface area (Å²) >= 11 is 3.41. The lowest BCUT2D eigenvalue weighted by atomic mass is 10.1. The van der Waals surface area contributed by atoms with Crippen LogP contribution in [0.25, 0.3) is 11.0 Å². The molecule has 4 rings (SSSR count). The van der Waals surface area contributed by atoms with Gasteiger partial charge in [0.05, 0.1) is 32.3 Å². The molecule has 0 spiro atoms. The van der Waals surface area contributed by atoms with Crippen LogP contribution in [0.15, 0.2) is 70.3 Å². The first kappa shape index (κ1) is 22.7. The molecule has 0 atom stereocenters. The number of aromatic nitrogens is 4. The Labute approximate surface area is 199 Å². The minimum Gasteiger partial charge on any atom is -0.494 e. The smallest absolute Gasteiger partial charge is 0.264 e. The molecular formula is C24H24BrN5O3. The molecule has 2 heterocycles. The van der Waals surface area contributed by atoms with E-state index in [4.69, 9.17) is 4.74 Å². The van der Waals surface area contributed by atoms with Crippen molar-refractivity contribution in [2.75, 3.05) is 13.2 Å². The molecule has 2 aromatic heterocycles. The largest absolute Gasteiger partial charge is 0.494 e. The third kappa shape index (κ3) is 5.67. The second kappa shape index (κ2) is 10.4. The summed E-state index contributed by atoms with van der Waals surface area (Å²) in [5.74, 6) is 0.705. The van der Waals surface area contributed by atoms with Gasteiger partial charge in [-0.25, -0.2) is 9.67 Å². The van der Waals surface area contributed by atoms with Crippen molar-refractivity contribution < 1.29 is 9.53 Å². The van der Waals surface area contributed by atoms with Gasteiger partial charge < -0.3 is 10.1 Å². The molecule has 0 aliphatic carbocycles. The lowest BCUT2D eigenvalue weighted by Crippen LogP contribution is -2.29. The fourth-order valence-corrected chi connectivity index (χ4v) is 3.74. The highest BCUT2D eigenvalue weighted by molar-refractivity contribution is 9.10. The van der Waals surface area contributed by atoms with E-state index in [2.05, 4.69) is 31.3 Å². The number of nitrogens with one attached hydrogen (secondary N) is 1.